The van der Waals surface area contributed by atoms with Crippen LogP contribution >= 0.6 is 31.9 Å². The largest absolute Gasteiger partial charge is 0.489 e. The molecule has 0 aromatic heterocycles. The minimum atomic E-state index is -0.969. The van der Waals surface area contributed by atoms with Crippen molar-refractivity contribution < 1.29 is 19.4 Å². The van der Waals surface area contributed by atoms with Crippen molar-refractivity contribution in [2.24, 2.45) is 0 Å². The third-order valence-corrected chi connectivity index (χ3v) is 4.11. The topological polar surface area (TPSA) is 55.8 Å². The molecule has 2 rings (SSSR count). The van der Waals surface area contributed by atoms with Gasteiger partial charge < -0.3 is 14.6 Å². The van der Waals surface area contributed by atoms with Gasteiger partial charge in [0.2, 0.25) is 0 Å². The van der Waals surface area contributed by atoms with Crippen LogP contribution in [0, 0.1) is 0 Å². The third-order valence-electron chi connectivity index (χ3n) is 2.93. The van der Waals surface area contributed by atoms with Crippen LogP contribution < -0.4 is 4.74 Å². The first-order valence-corrected chi connectivity index (χ1v) is 7.63. The Morgan fingerprint density at radius 3 is 2.58 bits per heavy atom. The Labute approximate surface area is 128 Å². The molecule has 1 atom stereocenters. The normalized spacial score (nSPS) is 19.2. The minimum absolute atomic E-state index is 0.117. The van der Waals surface area contributed by atoms with Crippen LogP contribution in [0.1, 0.15) is 29.6 Å². The van der Waals surface area contributed by atoms with Crippen LogP contribution in [-0.2, 0) is 4.74 Å². The number of hydrogen-bond donors (Lipinski definition) is 1. The lowest BCUT2D eigenvalue weighted by molar-refractivity contribution is -0.0113. The van der Waals surface area contributed by atoms with Gasteiger partial charge in [-0.1, -0.05) is 0 Å². The first-order valence-electron chi connectivity index (χ1n) is 6.04. The van der Waals surface area contributed by atoms with Crippen LogP contribution in [-0.4, -0.2) is 30.4 Å². The Morgan fingerprint density at radius 2 is 2.05 bits per heavy atom. The van der Waals surface area contributed by atoms with Crippen molar-refractivity contribution >= 4 is 37.8 Å². The standard InChI is InChI=1S/C13H14Br2O4/c14-10-5-8(13(16)17)6-11(15)12(10)19-7-9-3-1-2-4-18-9/h5-6,9H,1-4,7H2,(H,16,17). The Morgan fingerprint density at radius 1 is 1.37 bits per heavy atom. The van der Waals surface area contributed by atoms with Gasteiger partial charge in [0.25, 0.3) is 0 Å². The first-order chi connectivity index (χ1) is 9.08. The van der Waals surface area contributed by atoms with Gasteiger partial charge in [-0.25, -0.2) is 4.79 Å². The number of halogens is 2. The molecule has 0 radical (unpaired) electrons. The first kappa shape index (κ1) is 14.8. The summed E-state index contributed by atoms with van der Waals surface area (Å²) in [5.41, 5.74) is 0.208. The average molecular weight is 394 g/mol. The number of hydrogen-bond acceptors (Lipinski definition) is 3. The third kappa shape index (κ3) is 3.94. The van der Waals surface area contributed by atoms with Gasteiger partial charge in [0, 0.05) is 6.61 Å². The molecule has 1 heterocycles. The summed E-state index contributed by atoms with van der Waals surface area (Å²) in [4.78, 5) is 10.9. The number of benzene rings is 1. The van der Waals surface area contributed by atoms with Gasteiger partial charge in [-0.3, -0.25) is 0 Å². The van der Waals surface area contributed by atoms with Gasteiger partial charge >= 0.3 is 5.97 Å². The Hall–Kier alpha value is -0.590. The van der Waals surface area contributed by atoms with Crippen LogP contribution in [0.15, 0.2) is 21.1 Å². The highest BCUT2D eigenvalue weighted by Crippen LogP contribution is 2.35. The molecule has 0 saturated carbocycles. The van der Waals surface area contributed by atoms with Crippen LogP contribution in [0.25, 0.3) is 0 Å². The van der Waals surface area contributed by atoms with Gasteiger partial charge in [-0.15, -0.1) is 0 Å². The van der Waals surface area contributed by atoms with Crippen LogP contribution in [0.5, 0.6) is 5.75 Å². The second kappa shape index (κ2) is 6.72. The van der Waals surface area contributed by atoms with Crippen molar-refractivity contribution in [3.05, 3.63) is 26.6 Å². The number of carbonyl (C=O) groups is 1. The molecule has 19 heavy (non-hydrogen) atoms. The smallest absolute Gasteiger partial charge is 0.335 e. The molecule has 4 nitrogen and oxygen atoms in total. The zero-order valence-corrected chi connectivity index (χ0v) is 13.4. The molecule has 6 heteroatoms. The molecule has 1 aromatic rings. The molecule has 1 fully saturated rings. The summed E-state index contributed by atoms with van der Waals surface area (Å²) in [6.07, 6.45) is 3.39. The van der Waals surface area contributed by atoms with Crippen LogP contribution in [0.4, 0.5) is 0 Å². The van der Waals surface area contributed by atoms with E-state index in [0.717, 1.165) is 25.9 Å². The van der Waals surface area contributed by atoms with Crippen LogP contribution in [0.2, 0.25) is 0 Å². The quantitative estimate of drug-likeness (QED) is 0.843. The lowest BCUT2D eigenvalue weighted by Crippen LogP contribution is -2.26. The zero-order chi connectivity index (χ0) is 13.8. The second-order valence-electron chi connectivity index (χ2n) is 4.37. The molecule has 1 N–H and O–H groups in total. The Kier molecular flexibility index (Phi) is 5.24. The van der Waals surface area contributed by atoms with Gasteiger partial charge in [0.15, 0.2) is 0 Å². The molecule has 104 valence electrons. The highest BCUT2D eigenvalue weighted by molar-refractivity contribution is 9.11. The Bertz CT molecular complexity index is 447. The summed E-state index contributed by atoms with van der Waals surface area (Å²) in [7, 11) is 0. The van der Waals surface area contributed by atoms with E-state index in [1.54, 1.807) is 0 Å². The molecule has 0 spiro atoms. The SMILES string of the molecule is O=C(O)c1cc(Br)c(OCC2CCCCO2)c(Br)c1. The highest BCUT2D eigenvalue weighted by atomic mass is 79.9. The van der Waals surface area contributed by atoms with Gasteiger partial charge in [-0.05, 0) is 63.3 Å². The minimum Gasteiger partial charge on any atom is -0.489 e. The Balaban J connectivity index is 2.05. The van der Waals surface area contributed by atoms with Gasteiger partial charge in [-0.2, -0.15) is 0 Å². The molecule has 0 aliphatic carbocycles. The zero-order valence-electron chi connectivity index (χ0n) is 10.2. The molecule has 1 aromatic carbocycles. The fourth-order valence-corrected chi connectivity index (χ4v) is 3.35. The van der Waals surface area contributed by atoms with E-state index >= 15 is 0 Å². The van der Waals surface area contributed by atoms with Crippen molar-refractivity contribution in [3.8, 4) is 5.75 Å². The summed E-state index contributed by atoms with van der Waals surface area (Å²) in [5, 5.41) is 8.96. The van der Waals surface area contributed by atoms with E-state index in [-0.39, 0.29) is 11.7 Å². The molecular weight excluding hydrogens is 380 g/mol. The molecule has 1 saturated heterocycles. The van der Waals surface area contributed by atoms with E-state index < -0.39 is 5.97 Å². The van der Waals surface area contributed by atoms with Crippen LogP contribution in [0.3, 0.4) is 0 Å². The van der Waals surface area contributed by atoms with Crippen molar-refractivity contribution in [2.45, 2.75) is 25.4 Å². The second-order valence-corrected chi connectivity index (χ2v) is 6.08. The number of ether oxygens (including phenoxy) is 2. The molecule has 1 unspecified atom stereocenters. The summed E-state index contributed by atoms with van der Waals surface area (Å²) >= 11 is 6.66. The van der Waals surface area contributed by atoms with E-state index in [1.165, 1.54) is 12.1 Å². The van der Waals surface area contributed by atoms with Gasteiger partial charge in [0.1, 0.15) is 12.4 Å². The number of aromatic carboxylic acids is 1. The molecule has 1 aliphatic rings. The van der Waals surface area contributed by atoms with E-state index in [9.17, 15) is 4.79 Å². The fraction of sp³-hybridized carbons (Fsp3) is 0.462. The maximum atomic E-state index is 10.9. The predicted molar refractivity (Wildman–Crippen MR) is 77.9 cm³/mol. The van der Waals surface area contributed by atoms with Crippen molar-refractivity contribution in [1.82, 2.24) is 0 Å². The average Bonchev–Trinajstić information content (AvgIpc) is 2.38. The molecule has 0 bridgehead atoms. The summed E-state index contributed by atoms with van der Waals surface area (Å²) in [6.45, 7) is 1.26. The number of rotatable bonds is 4. The van der Waals surface area contributed by atoms with Crippen molar-refractivity contribution in [1.29, 1.82) is 0 Å². The fourth-order valence-electron chi connectivity index (χ4n) is 1.94. The summed E-state index contributed by atoms with van der Waals surface area (Å²) < 4.78 is 12.6. The number of carboxylic acids is 1. The van der Waals surface area contributed by atoms with Crippen molar-refractivity contribution in [3.63, 3.8) is 0 Å². The van der Waals surface area contributed by atoms with E-state index in [2.05, 4.69) is 31.9 Å². The maximum Gasteiger partial charge on any atom is 0.335 e. The summed E-state index contributed by atoms with van der Waals surface area (Å²) in [6, 6.07) is 3.06. The monoisotopic (exact) mass is 392 g/mol. The lowest BCUT2D eigenvalue weighted by Gasteiger charge is -2.23. The molecule has 1 aliphatic heterocycles. The number of carboxylic acid groups (broad SMARTS) is 1. The predicted octanol–water partition coefficient (Wildman–Crippen LogP) is 3.86. The lowest BCUT2D eigenvalue weighted by atomic mass is 10.1. The molecular formula is C13H14Br2O4. The van der Waals surface area contributed by atoms with Gasteiger partial charge in [0.05, 0.1) is 20.6 Å². The van der Waals surface area contributed by atoms with Crippen molar-refractivity contribution in [2.75, 3.05) is 13.2 Å². The van der Waals surface area contributed by atoms with E-state index in [1.807, 2.05) is 0 Å². The highest BCUT2D eigenvalue weighted by Gasteiger charge is 2.17. The van der Waals surface area contributed by atoms with E-state index in [4.69, 9.17) is 14.6 Å². The van der Waals surface area contributed by atoms with E-state index in [0.29, 0.717) is 21.3 Å². The summed E-state index contributed by atoms with van der Waals surface area (Å²) in [5.74, 6) is -0.359. The maximum absolute atomic E-state index is 10.9. The molecule has 0 amide bonds.